The van der Waals surface area contributed by atoms with Gasteiger partial charge in [-0.25, -0.2) is 4.98 Å². The molecule has 1 fully saturated rings. The summed E-state index contributed by atoms with van der Waals surface area (Å²) in [4.78, 5) is 18.0. The van der Waals surface area contributed by atoms with E-state index in [2.05, 4.69) is 15.2 Å². The van der Waals surface area contributed by atoms with E-state index in [1.165, 1.54) is 0 Å². The van der Waals surface area contributed by atoms with E-state index in [1.807, 2.05) is 12.1 Å². The highest BCUT2D eigenvalue weighted by molar-refractivity contribution is 7.17. The van der Waals surface area contributed by atoms with E-state index in [0.29, 0.717) is 24.5 Å². The van der Waals surface area contributed by atoms with Crippen molar-refractivity contribution in [2.75, 3.05) is 36.5 Å². The summed E-state index contributed by atoms with van der Waals surface area (Å²) >= 11 is 0.727. The van der Waals surface area contributed by atoms with Gasteiger partial charge in [0.05, 0.1) is 13.2 Å². The number of morpholine rings is 1. The van der Waals surface area contributed by atoms with Crippen LogP contribution in [-0.4, -0.2) is 37.2 Å². The fourth-order valence-electron chi connectivity index (χ4n) is 3.14. The molecule has 1 aliphatic heterocycles. The minimum Gasteiger partial charge on any atom is -0.378 e. The van der Waals surface area contributed by atoms with Crippen molar-refractivity contribution < 1.29 is 22.7 Å². The van der Waals surface area contributed by atoms with Crippen LogP contribution >= 0.6 is 11.3 Å². The summed E-state index contributed by atoms with van der Waals surface area (Å²) in [5.41, 5.74) is 0.743. The number of amides is 1. The number of thiazole rings is 1. The highest BCUT2D eigenvalue weighted by atomic mass is 32.1. The summed E-state index contributed by atoms with van der Waals surface area (Å²) < 4.78 is 45.8. The molecule has 0 atom stereocenters. The Hall–Kier alpha value is -2.91. The lowest BCUT2D eigenvalue weighted by Crippen LogP contribution is -2.36. The second-order valence-corrected chi connectivity index (χ2v) is 7.66. The van der Waals surface area contributed by atoms with Gasteiger partial charge in [-0.1, -0.05) is 30.3 Å². The molecule has 30 heavy (non-hydrogen) atoms. The number of alkyl halides is 3. The van der Waals surface area contributed by atoms with Gasteiger partial charge in [0.15, 0.2) is 5.69 Å². The summed E-state index contributed by atoms with van der Waals surface area (Å²) in [5, 5.41) is 2.70. The number of nitrogens with zero attached hydrogens (tertiary/aromatic N) is 2. The number of hydrogen-bond donors (Lipinski definition) is 1. The number of hydrogen-bond acceptors (Lipinski definition) is 5. The largest absolute Gasteiger partial charge is 0.435 e. The first-order valence-electron chi connectivity index (χ1n) is 9.29. The molecule has 3 aromatic rings. The summed E-state index contributed by atoms with van der Waals surface area (Å²) in [6.07, 6.45) is -4.73. The van der Waals surface area contributed by atoms with Gasteiger partial charge in [-0.3, -0.25) is 4.79 Å². The van der Waals surface area contributed by atoms with Crippen LogP contribution in [0.3, 0.4) is 0 Å². The van der Waals surface area contributed by atoms with Crippen molar-refractivity contribution in [2.45, 2.75) is 6.18 Å². The highest BCUT2D eigenvalue weighted by Crippen LogP contribution is 2.38. The summed E-state index contributed by atoms with van der Waals surface area (Å²) in [6, 6.07) is 15.5. The maximum absolute atomic E-state index is 13.5. The van der Waals surface area contributed by atoms with Gasteiger partial charge in [0.1, 0.15) is 9.88 Å². The minimum absolute atomic E-state index is 0.149. The van der Waals surface area contributed by atoms with Crippen molar-refractivity contribution in [3.8, 4) is 10.6 Å². The number of carbonyl (C=O) groups is 1. The molecule has 5 nitrogen and oxygen atoms in total. The molecule has 0 radical (unpaired) electrons. The van der Waals surface area contributed by atoms with Crippen molar-refractivity contribution in [1.29, 1.82) is 0 Å². The van der Waals surface area contributed by atoms with Crippen molar-refractivity contribution in [3.63, 3.8) is 0 Å². The number of rotatable bonds is 4. The number of halogens is 3. The van der Waals surface area contributed by atoms with E-state index in [4.69, 9.17) is 4.74 Å². The van der Waals surface area contributed by atoms with Crippen molar-refractivity contribution in [2.24, 2.45) is 0 Å². The van der Waals surface area contributed by atoms with E-state index in [1.54, 1.807) is 42.5 Å². The van der Waals surface area contributed by atoms with Crippen LogP contribution in [-0.2, 0) is 10.9 Å². The van der Waals surface area contributed by atoms with Gasteiger partial charge < -0.3 is 15.0 Å². The second-order valence-electron chi connectivity index (χ2n) is 6.66. The normalized spacial score (nSPS) is 14.6. The van der Waals surface area contributed by atoms with Crippen LogP contribution in [0.1, 0.15) is 15.4 Å². The molecule has 0 aliphatic carbocycles. The van der Waals surface area contributed by atoms with Gasteiger partial charge >= 0.3 is 6.18 Å². The second kappa shape index (κ2) is 8.45. The molecule has 1 aliphatic rings. The van der Waals surface area contributed by atoms with Crippen LogP contribution in [0.5, 0.6) is 0 Å². The molecular formula is C21H18F3N3O2S. The van der Waals surface area contributed by atoms with Gasteiger partial charge in [0.25, 0.3) is 5.91 Å². The Labute approximate surface area is 175 Å². The third-order valence-corrected chi connectivity index (χ3v) is 5.73. The Balaban J connectivity index is 1.56. The lowest BCUT2D eigenvalue weighted by Gasteiger charge is -2.28. The number of aromatic nitrogens is 1. The van der Waals surface area contributed by atoms with Crippen molar-refractivity contribution in [1.82, 2.24) is 4.98 Å². The Morgan fingerprint density at radius 1 is 1.03 bits per heavy atom. The summed E-state index contributed by atoms with van der Waals surface area (Å²) in [7, 11) is 0. The molecule has 0 unspecified atom stereocenters. The maximum Gasteiger partial charge on any atom is 0.435 e. The van der Waals surface area contributed by atoms with E-state index >= 15 is 0 Å². The van der Waals surface area contributed by atoms with Crippen LogP contribution in [0, 0.1) is 0 Å². The molecule has 1 saturated heterocycles. The van der Waals surface area contributed by atoms with Gasteiger partial charge in [0.2, 0.25) is 0 Å². The van der Waals surface area contributed by atoms with E-state index in [9.17, 15) is 18.0 Å². The highest BCUT2D eigenvalue weighted by Gasteiger charge is 2.39. The Morgan fingerprint density at radius 3 is 2.33 bits per heavy atom. The van der Waals surface area contributed by atoms with Crippen LogP contribution in [0.4, 0.5) is 24.5 Å². The average molecular weight is 433 g/mol. The number of carbonyl (C=O) groups excluding carboxylic acids is 1. The topological polar surface area (TPSA) is 54.5 Å². The summed E-state index contributed by atoms with van der Waals surface area (Å²) in [5.74, 6) is -0.832. The first kappa shape index (κ1) is 20.4. The Kier molecular flexibility index (Phi) is 5.74. The fourth-order valence-corrected chi connectivity index (χ4v) is 4.12. The first-order valence-corrected chi connectivity index (χ1v) is 10.1. The predicted molar refractivity (Wildman–Crippen MR) is 110 cm³/mol. The number of nitrogens with one attached hydrogen (secondary N) is 1. The molecule has 2 heterocycles. The molecule has 0 spiro atoms. The van der Waals surface area contributed by atoms with Crippen LogP contribution < -0.4 is 10.2 Å². The zero-order valence-electron chi connectivity index (χ0n) is 15.8. The third kappa shape index (κ3) is 4.47. The fraction of sp³-hybridized carbons (Fsp3) is 0.238. The molecule has 0 saturated carbocycles. The number of anilines is 2. The molecule has 156 valence electrons. The first-order chi connectivity index (χ1) is 14.4. The van der Waals surface area contributed by atoms with E-state index in [-0.39, 0.29) is 5.01 Å². The molecule has 9 heteroatoms. The van der Waals surface area contributed by atoms with Gasteiger partial charge in [-0.15, -0.1) is 11.3 Å². The van der Waals surface area contributed by atoms with Crippen LogP contribution in [0.25, 0.3) is 10.6 Å². The SMILES string of the molecule is O=C(Nc1ccc(N2CCOCC2)cc1)c1sc(-c2ccccc2)nc1C(F)(F)F. The molecule has 0 bridgehead atoms. The quantitative estimate of drug-likeness (QED) is 0.635. The molecular weight excluding hydrogens is 415 g/mol. The predicted octanol–water partition coefficient (Wildman–Crippen LogP) is 4.92. The average Bonchev–Trinajstić information content (AvgIpc) is 3.22. The van der Waals surface area contributed by atoms with E-state index in [0.717, 1.165) is 30.1 Å². The zero-order chi connectivity index (χ0) is 21.1. The number of benzene rings is 2. The maximum atomic E-state index is 13.5. The van der Waals surface area contributed by atoms with Gasteiger partial charge in [0, 0.05) is 30.0 Å². The summed E-state index contributed by atoms with van der Waals surface area (Å²) in [6.45, 7) is 2.83. The zero-order valence-corrected chi connectivity index (χ0v) is 16.6. The van der Waals surface area contributed by atoms with Gasteiger partial charge in [-0.2, -0.15) is 13.2 Å². The van der Waals surface area contributed by atoms with E-state index < -0.39 is 22.7 Å². The Bertz CT molecular complexity index is 1010. The number of ether oxygens (including phenoxy) is 1. The Morgan fingerprint density at radius 2 is 1.70 bits per heavy atom. The third-order valence-electron chi connectivity index (χ3n) is 4.62. The smallest absolute Gasteiger partial charge is 0.378 e. The molecule has 1 aromatic heterocycles. The van der Waals surface area contributed by atoms with Crippen molar-refractivity contribution >= 4 is 28.6 Å². The molecule has 2 aromatic carbocycles. The lowest BCUT2D eigenvalue weighted by molar-refractivity contribution is -0.140. The monoisotopic (exact) mass is 433 g/mol. The molecule has 1 N–H and O–H groups in total. The minimum atomic E-state index is -4.73. The molecule has 1 amide bonds. The lowest BCUT2D eigenvalue weighted by atomic mass is 10.2. The standard InChI is InChI=1S/C21H18F3N3O2S/c22-21(23,24)18-17(30-20(26-18)14-4-2-1-3-5-14)19(28)25-15-6-8-16(9-7-15)27-10-12-29-13-11-27/h1-9H,10-13H2,(H,25,28). The van der Waals surface area contributed by atoms with Crippen LogP contribution in [0.15, 0.2) is 54.6 Å². The van der Waals surface area contributed by atoms with Gasteiger partial charge in [-0.05, 0) is 24.3 Å². The molecule has 4 rings (SSSR count). The van der Waals surface area contributed by atoms with Crippen LogP contribution in [0.2, 0.25) is 0 Å². The van der Waals surface area contributed by atoms with Crippen molar-refractivity contribution in [3.05, 3.63) is 65.2 Å².